The number of hydrogen-bond acceptors (Lipinski definition) is 6. The number of piperidine rings is 1. The molecule has 1 N–H and O–H groups in total. The summed E-state index contributed by atoms with van der Waals surface area (Å²) >= 11 is 0. The summed E-state index contributed by atoms with van der Waals surface area (Å²) in [6.07, 6.45) is 3.82. The zero-order valence-electron chi connectivity index (χ0n) is 14.1. The summed E-state index contributed by atoms with van der Waals surface area (Å²) < 4.78 is 19.8. The van der Waals surface area contributed by atoms with Crippen LogP contribution in [0.25, 0.3) is 0 Å². The van der Waals surface area contributed by atoms with Crippen LogP contribution in [0.1, 0.15) is 12.8 Å². The number of ether oxygens (including phenoxy) is 1. The fraction of sp³-hybridized carbons (Fsp3) is 0.389. The summed E-state index contributed by atoms with van der Waals surface area (Å²) in [5.74, 6) is -0.401. The number of carbonyl (C=O) groups excluding carboxylic acids is 1. The molecule has 0 saturated carbocycles. The van der Waals surface area contributed by atoms with Crippen LogP contribution in [0, 0.1) is 28.6 Å². The Morgan fingerprint density at radius 3 is 2.77 bits per heavy atom. The molecule has 2 saturated heterocycles. The lowest BCUT2D eigenvalue weighted by atomic mass is 10.0. The summed E-state index contributed by atoms with van der Waals surface area (Å²) in [5.41, 5.74) is 2.00. The van der Waals surface area contributed by atoms with Crippen LogP contribution in [-0.4, -0.2) is 38.4 Å². The maximum absolute atomic E-state index is 14.6. The average Bonchev–Trinajstić information content (AvgIpc) is 3.02. The minimum Gasteiger partial charge on any atom is -0.442 e. The van der Waals surface area contributed by atoms with Gasteiger partial charge in [0.15, 0.2) is 6.19 Å². The Morgan fingerprint density at radius 1 is 1.35 bits per heavy atom. The van der Waals surface area contributed by atoms with Gasteiger partial charge in [-0.2, -0.15) is 10.5 Å². The number of allylic oxidation sites excluding steroid dienone is 1. The zero-order chi connectivity index (χ0) is 18.5. The molecule has 0 spiro atoms. The van der Waals surface area contributed by atoms with Crippen molar-refractivity contribution in [2.45, 2.75) is 18.9 Å². The normalized spacial score (nSPS) is 19.6. The van der Waals surface area contributed by atoms with E-state index in [9.17, 15) is 9.18 Å². The van der Waals surface area contributed by atoms with Gasteiger partial charge in [-0.3, -0.25) is 4.90 Å². The maximum atomic E-state index is 14.6. The highest BCUT2D eigenvalue weighted by Crippen LogP contribution is 2.30. The van der Waals surface area contributed by atoms with E-state index in [2.05, 4.69) is 5.32 Å². The van der Waals surface area contributed by atoms with E-state index in [0.717, 1.165) is 18.4 Å². The molecule has 1 aromatic carbocycles. The third-order valence-corrected chi connectivity index (χ3v) is 4.54. The van der Waals surface area contributed by atoms with Crippen molar-refractivity contribution in [3.8, 4) is 12.3 Å². The molecule has 2 fully saturated rings. The molecule has 2 heterocycles. The van der Waals surface area contributed by atoms with Gasteiger partial charge < -0.3 is 15.0 Å². The monoisotopic (exact) mass is 355 g/mol. The Hall–Kier alpha value is -3.26. The van der Waals surface area contributed by atoms with Crippen LogP contribution in [0.15, 0.2) is 29.8 Å². The molecule has 0 bridgehead atoms. The van der Waals surface area contributed by atoms with Crippen LogP contribution in [0.3, 0.4) is 0 Å². The van der Waals surface area contributed by atoms with Crippen molar-refractivity contribution < 1.29 is 13.9 Å². The highest BCUT2D eigenvalue weighted by atomic mass is 19.1. The van der Waals surface area contributed by atoms with Crippen molar-refractivity contribution >= 4 is 17.5 Å². The second-order valence-electron chi connectivity index (χ2n) is 6.16. The molecule has 0 radical (unpaired) electrons. The van der Waals surface area contributed by atoms with E-state index in [1.165, 1.54) is 11.0 Å². The van der Waals surface area contributed by atoms with Crippen LogP contribution in [-0.2, 0) is 4.74 Å². The van der Waals surface area contributed by atoms with Crippen molar-refractivity contribution in [1.82, 2.24) is 5.32 Å². The summed E-state index contributed by atoms with van der Waals surface area (Å²) in [6, 6.07) is 6.73. The predicted molar refractivity (Wildman–Crippen MR) is 92.8 cm³/mol. The van der Waals surface area contributed by atoms with E-state index in [1.807, 2.05) is 11.0 Å². The minimum absolute atomic E-state index is 0.228. The summed E-state index contributed by atoms with van der Waals surface area (Å²) in [6.45, 7) is 1.79. The molecule has 1 aromatic rings. The van der Waals surface area contributed by atoms with Gasteiger partial charge in [-0.1, -0.05) is 5.57 Å². The van der Waals surface area contributed by atoms with E-state index in [0.29, 0.717) is 24.5 Å². The summed E-state index contributed by atoms with van der Waals surface area (Å²) in [5, 5.41) is 19.7. The topological polar surface area (TPSA) is 92.4 Å². The fourth-order valence-corrected chi connectivity index (χ4v) is 3.19. The average molecular weight is 355 g/mol. The minimum atomic E-state index is -0.550. The number of benzene rings is 1. The molecule has 8 heteroatoms. The van der Waals surface area contributed by atoms with Crippen LogP contribution >= 0.6 is 0 Å². The summed E-state index contributed by atoms with van der Waals surface area (Å²) in [7, 11) is 0. The van der Waals surface area contributed by atoms with Crippen molar-refractivity contribution in [2.24, 2.45) is 0 Å². The van der Waals surface area contributed by atoms with Crippen molar-refractivity contribution in [3.05, 3.63) is 35.7 Å². The number of nitriles is 2. The molecule has 134 valence electrons. The third-order valence-electron chi connectivity index (χ3n) is 4.54. The molecular weight excluding hydrogens is 337 g/mol. The number of carbonyl (C=O) groups is 1. The van der Waals surface area contributed by atoms with Gasteiger partial charge in [0.05, 0.1) is 30.5 Å². The highest BCUT2D eigenvalue weighted by molar-refractivity contribution is 5.90. The first-order chi connectivity index (χ1) is 12.6. The number of nitrogens with zero attached hydrogens (tertiary/aromatic N) is 4. The van der Waals surface area contributed by atoms with Crippen molar-refractivity contribution in [1.29, 1.82) is 10.5 Å². The second-order valence-corrected chi connectivity index (χ2v) is 6.16. The summed E-state index contributed by atoms with van der Waals surface area (Å²) in [4.78, 5) is 15.3. The van der Waals surface area contributed by atoms with E-state index >= 15 is 0 Å². The van der Waals surface area contributed by atoms with Crippen molar-refractivity contribution in [2.75, 3.05) is 36.0 Å². The quantitative estimate of drug-likeness (QED) is 0.506. The number of cyclic esters (lactones) is 1. The molecule has 26 heavy (non-hydrogen) atoms. The number of halogens is 1. The molecular formula is C18H18FN5O2. The molecule has 1 amide bonds. The first-order valence-corrected chi connectivity index (χ1v) is 8.34. The van der Waals surface area contributed by atoms with Crippen molar-refractivity contribution in [3.63, 3.8) is 0 Å². The number of hydrogen-bond donors (Lipinski definition) is 1. The second kappa shape index (κ2) is 7.75. The molecule has 7 nitrogen and oxygen atoms in total. The van der Waals surface area contributed by atoms with Crippen LogP contribution in [0.5, 0.6) is 0 Å². The molecule has 0 aromatic heterocycles. The molecule has 2 aliphatic rings. The van der Waals surface area contributed by atoms with Gasteiger partial charge in [0.1, 0.15) is 11.9 Å². The van der Waals surface area contributed by atoms with Crippen LogP contribution in [0.4, 0.5) is 20.6 Å². The molecule has 2 aliphatic heterocycles. The van der Waals surface area contributed by atoms with E-state index in [-0.39, 0.29) is 13.1 Å². The van der Waals surface area contributed by atoms with Gasteiger partial charge in [0, 0.05) is 19.2 Å². The van der Waals surface area contributed by atoms with Gasteiger partial charge in [0.25, 0.3) is 0 Å². The molecule has 0 unspecified atom stereocenters. The Kier molecular flexibility index (Phi) is 5.23. The predicted octanol–water partition coefficient (Wildman–Crippen LogP) is 2.27. The number of anilines is 2. The SMILES string of the molecule is N#CC=C1CCN(c2ccc(N3C[C@H](CNC#N)OC3=O)cc2F)CC1. The maximum Gasteiger partial charge on any atom is 0.414 e. The molecule has 1 atom stereocenters. The third kappa shape index (κ3) is 3.70. The fourth-order valence-electron chi connectivity index (χ4n) is 3.19. The van der Waals surface area contributed by atoms with Crippen LogP contribution in [0.2, 0.25) is 0 Å². The van der Waals surface area contributed by atoms with E-state index in [4.69, 9.17) is 15.3 Å². The lowest BCUT2D eigenvalue weighted by Crippen LogP contribution is -2.31. The van der Waals surface area contributed by atoms with E-state index < -0.39 is 18.0 Å². The zero-order valence-corrected chi connectivity index (χ0v) is 14.1. The Bertz CT molecular complexity index is 801. The number of amides is 1. The van der Waals surface area contributed by atoms with E-state index in [1.54, 1.807) is 24.4 Å². The standard InChI is InChI=1S/C18H18FN5O2/c19-16-9-14(24-11-15(10-22-12-21)26-18(24)25)1-2-17(16)23-7-4-13(3-6-20)5-8-23/h1-3,9,15,22H,4-5,7-8,10-11H2/t15-/m0/s1. The van der Waals surface area contributed by atoms with Gasteiger partial charge in [0.2, 0.25) is 0 Å². The largest absolute Gasteiger partial charge is 0.442 e. The highest BCUT2D eigenvalue weighted by Gasteiger charge is 2.32. The smallest absolute Gasteiger partial charge is 0.414 e. The van der Waals surface area contributed by atoms with Gasteiger partial charge >= 0.3 is 6.09 Å². The van der Waals surface area contributed by atoms with Gasteiger partial charge in [-0.15, -0.1) is 0 Å². The Morgan fingerprint density at radius 2 is 2.12 bits per heavy atom. The van der Waals surface area contributed by atoms with Gasteiger partial charge in [-0.05, 0) is 31.0 Å². The molecule has 0 aliphatic carbocycles. The number of nitrogens with one attached hydrogen (secondary N) is 1. The van der Waals surface area contributed by atoms with Gasteiger partial charge in [-0.25, -0.2) is 9.18 Å². The molecule has 3 rings (SSSR count). The lowest BCUT2D eigenvalue weighted by Gasteiger charge is -2.30. The lowest BCUT2D eigenvalue weighted by molar-refractivity contribution is 0.142. The first kappa shape index (κ1) is 17.6. The first-order valence-electron chi connectivity index (χ1n) is 8.34. The number of rotatable bonds is 4. The Balaban J connectivity index is 1.69. The Labute approximate surface area is 150 Å². The van der Waals surface area contributed by atoms with Crippen LogP contribution < -0.4 is 15.1 Å².